The smallest absolute Gasteiger partial charge is 0.371 e. The highest BCUT2D eigenvalue weighted by Crippen LogP contribution is 2.37. The van der Waals surface area contributed by atoms with Gasteiger partial charge in [-0.2, -0.15) is 13.2 Å². The molecule has 0 atom stereocenters. The number of benzene rings is 2. The Bertz CT molecular complexity index is 1370. The number of fused-ring (bicyclic) bond motifs is 1. The minimum atomic E-state index is -4.56. The van der Waals surface area contributed by atoms with Crippen molar-refractivity contribution in [2.45, 2.75) is 56.8 Å². The second-order valence-electron chi connectivity index (χ2n) is 9.97. The van der Waals surface area contributed by atoms with E-state index in [0.717, 1.165) is 18.2 Å². The molecule has 200 valence electrons. The van der Waals surface area contributed by atoms with E-state index in [1.807, 2.05) is 11.0 Å². The summed E-state index contributed by atoms with van der Waals surface area (Å²) in [5.74, 6) is -0.128. The maximum absolute atomic E-state index is 13.6. The van der Waals surface area contributed by atoms with Crippen molar-refractivity contribution in [2.75, 3.05) is 23.4 Å². The van der Waals surface area contributed by atoms with Crippen LogP contribution < -0.4 is 15.1 Å². The first-order valence-corrected chi connectivity index (χ1v) is 13.1. The van der Waals surface area contributed by atoms with Crippen LogP contribution >= 0.6 is 11.6 Å². The van der Waals surface area contributed by atoms with E-state index >= 15 is 0 Å². The van der Waals surface area contributed by atoms with E-state index < -0.39 is 11.9 Å². The Balaban J connectivity index is 1.26. The predicted octanol–water partition coefficient (Wildman–Crippen LogP) is 6.21. The number of aromatic nitrogens is 1. The zero-order valence-electron chi connectivity index (χ0n) is 20.9. The van der Waals surface area contributed by atoms with Crippen LogP contribution in [0.1, 0.15) is 54.6 Å². The Kier molecular flexibility index (Phi) is 7.22. The lowest BCUT2D eigenvalue weighted by molar-refractivity contribution is -0.140. The van der Waals surface area contributed by atoms with Crippen molar-refractivity contribution >= 4 is 45.7 Å². The van der Waals surface area contributed by atoms with Crippen molar-refractivity contribution in [3.05, 3.63) is 64.8 Å². The van der Waals surface area contributed by atoms with Gasteiger partial charge in [-0.1, -0.05) is 17.7 Å². The molecule has 6 nitrogen and oxygen atoms in total. The van der Waals surface area contributed by atoms with E-state index in [-0.39, 0.29) is 29.4 Å². The fourth-order valence-electron chi connectivity index (χ4n) is 5.43. The van der Waals surface area contributed by atoms with Crippen LogP contribution in [-0.2, 0) is 11.0 Å². The Morgan fingerprint density at radius 2 is 1.87 bits per heavy atom. The summed E-state index contributed by atoms with van der Waals surface area (Å²) in [5, 5.41) is 4.09. The minimum Gasteiger partial charge on any atom is -0.371 e. The van der Waals surface area contributed by atoms with Crippen LogP contribution in [0.15, 0.2) is 48.5 Å². The monoisotopic (exact) mass is 544 g/mol. The molecule has 0 spiro atoms. The van der Waals surface area contributed by atoms with Gasteiger partial charge in [0.15, 0.2) is 0 Å². The highest BCUT2D eigenvalue weighted by molar-refractivity contribution is 6.31. The molecule has 2 fully saturated rings. The number of alkyl halides is 3. The van der Waals surface area contributed by atoms with Gasteiger partial charge in [0.05, 0.1) is 5.52 Å². The molecule has 0 bridgehead atoms. The summed E-state index contributed by atoms with van der Waals surface area (Å²) in [7, 11) is 1.80. The zero-order valence-corrected chi connectivity index (χ0v) is 21.6. The van der Waals surface area contributed by atoms with Crippen LogP contribution in [0, 0.1) is 0 Å². The summed E-state index contributed by atoms with van der Waals surface area (Å²) in [4.78, 5) is 32.4. The van der Waals surface area contributed by atoms with Crippen molar-refractivity contribution in [1.82, 2.24) is 10.3 Å². The molecule has 1 aromatic heterocycles. The molecule has 1 saturated carbocycles. The van der Waals surface area contributed by atoms with Crippen molar-refractivity contribution in [3.63, 3.8) is 0 Å². The first-order valence-electron chi connectivity index (χ1n) is 12.7. The van der Waals surface area contributed by atoms with E-state index in [1.54, 1.807) is 36.2 Å². The van der Waals surface area contributed by atoms with Crippen molar-refractivity contribution in [1.29, 1.82) is 0 Å². The van der Waals surface area contributed by atoms with Crippen molar-refractivity contribution < 1.29 is 22.8 Å². The summed E-state index contributed by atoms with van der Waals surface area (Å²) in [6, 6.07) is 12.8. The third-order valence-corrected chi connectivity index (χ3v) is 7.73. The van der Waals surface area contributed by atoms with Crippen LogP contribution in [0.3, 0.4) is 0 Å². The third-order valence-electron chi connectivity index (χ3n) is 7.49. The Morgan fingerprint density at radius 1 is 1.11 bits per heavy atom. The number of carbonyl (C=O) groups excluding carboxylic acids is 2. The van der Waals surface area contributed by atoms with Gasteiger partial charge in [0, 0.05) is 59.4 Å². The van der Waals surface area contributed by atoms with Gasteiger partial charge in [0.25, 0.3) is 5.91 Å². The Labute approximate surface area is 223 Å². The Hall–Kier alpha value is -3.33. The van der Waals surface area contributed by atoms with Gasteiger partial charge in [-0.15, -0.1) is 0 Å². The molecule has 2 heterocycles. The average molecular weight is 545 g/mol. The maximum Gasteiger partial charge on any atom is 0.433 e. The molecule has 0 radical (unpaired) electrons. The van der Waals surface area contributed by atoms with Gasteiger partial charge in [-0.05, 0) is 74.6 Å². The number of carbonyl (C=O) groups is 2. The van der Waals surface area contributed by atoms with Gasteiger partial charge in [0.1, 0.15) is 5.69 Å². The molecular formula is C28H28ClF3N4O2. The first-order chi connectivity index (χ1) is 18.1. The predicted molar refractivity (Wildman–Crippen MR) is 142 cm³/mol. The first kappa shape index (κ1) is 26.3. The molecule has 3 aromatic rings. The largest absolute Gasteiger partial charge is 0.433 e. The normalized spacial score (nSPS) is 20.1. The lowest BCUT2D eigenvalue weighted by Crippen LogP contribution is -2.43. The second kappa shape index (κ2) is 10.4. The van der Waals surface area contributed by atoms with Crippen LogP contribution in [0.25, 0.3) is 10.9 Å². The fraction of sp³-hybridized carbons (Fsp3) is 0.393. The molecule has 5 rings (SSSR count). The molecule has 2 amide bonds. The van der Waals surface area contributed by atoms with E-state index in [4.69, 9.17) is 11.6 Å². The Morgan fingerprint density at radius 3 is 2.55 bits per heavy atom. The lowest BCUT2D eigenvalue weighted by atomic mass is 9.89. The molecule has 38 heavy (non-hydrogen) atoms. The van der Waals surface area contributed by atoms with Crippen LogP contribution in [0.5, 0.6) is 0 Å². The van der Waals surface area contributed by atoms with Crippen molar-refractivity contribution in [2.24, 2.45) is 0 Å². The summed E-state index contributed by atoms with van der Waals surface area (Å²) in [5.41, 5.74) is 0.970. The summed E-state index contributed by atoms with van der Waals surface area (Å²) >= 11 is 6.15. The molecule has 1 saturated heterocycles. The standard InChI is InChI=1S/C28H28ClF3N4O2/c1-35(24-16-25(28(30,31)32)34-23-12-7-18(29)15-22(23)24)20-10-8-19(9-11-20)33-27(38)17-4-2-5-21(14-17)36-13-3-6-26(36)37/h2,4-5,7,12,14-16,19-20H,3,6,8-11,13H2,1H3,(H,33,38). The van der Waals surface area contributed by atoms with Gasteiger partial charge in [-0.3, -0.25) is 9.59 Å². The van der Waals surface area contributed by atoms with E-state index in [1.165, 1.54) is 12.1 Å². The van der Waals surface area contributed by atoms with Crippen LogP contribution in [-0.4, -0.2) is 42.5 Å². The second-order valence-corrected chi connectivity index (χ2v) is 10.4. The SMILES string of the molecule is CN(c1cc(C(F)(F)F)nc2ccc(Cl)cc12)C1CCC(NC(=O)c2cccc(N3CCCC3=O)c2)CC1. The highest BCUT2D eigenvalue weighted by atomic mass is 35.5. The number of hydrogen-bond acceptors (Lipinski definition) is 4. The van der Waals surface area contributed by atoms with E-state index in [2.05, 4.69) is 10.3 Å². The molecule has 1 aliphatic heterocycles. The van der Waals surface area contributed by atoms with E-state index in [0.29, 0.717) is 60.3 Å². The minimum absolute atomic E-state index is 0.00155. The van der Waals surface area contributed by atoms with Gasteiger partial charge >= 0.3 is 6.18 Å². The molecule has 0 unspecified atom stereocenters. The molecule has 2 aromatic carbocycles. The quantitative estimate of drug-likeness (QED) is 0.415. The highest BCUT2D eigenvalue weighted by Gasteiger charge is 2.35. The summed E-state index contributed by atoms with van der Waals surface area (Å²) in [6.45, 7) is 0.658. The van der Waals surface area contributed by atoms with Crippen LogP contribution in [0.4, 0.5) is 24.5 Å². The molecule has 10 heteroatoms. The van der Waals surface area contributed by atoms with E-state index in [9.17, 15) is 22.8 Å². The summed E-state index contributed by atoms with van der Waals surface area (Å²) in [6.07, 6.45) is -0.432. The molecule has 1 aliphatic carbocycles. The number of nitrogens with zero attached hydrogens (tertiary/aromatic N) is 3. The zero-order chi connectivity index (χ0) is 27.0. The fourth-order valence-corrected chi connectivity index (χ4v) is 5.60. The summed E-state index contributed by atoms with van der Waals surface area (Å²) < 4.78 is 40.7. The lowest BCUT2D eigenvalue weighted by Gasteiger charge is -2.37. The van der Waals surface area contributed by atoms with Crippen LogP contribution in [0.2, 0.25) is 5.02 Å². The number of halogens is 4. The van der Waals surface area contributed by atoms with Crippen molar-refractivity contribution in [3.8, 4) is 0 Å². The number of amides is 2. The third kappa shape index (κ3) is 5.43. The molecular weight excluding hydrogens is 517 g/mol. The number of pyridine rings is 1. The van der Waals surface area contributed by atoms with Gasteiger partial charge < -0.3 is 15.1 Å². The topological polar surface area (TPSA) is 65.5 Å². The molecule has 2 aliphatic rings. The van der Waals surface area contributed by atoms with Gasteiger partial charge in [0.2, 0.25) is 5.91 Å². The molecule has 1 N–H and O–H groups in total. The maximum atomic E-state index is 13.6. The number of nitrogens with one attached hydrogen (secondary N) is 1. The number of anilines is 2. The number of rotatable bonds is 5. The van der Waals surface area contributed by atoms with Gasteiger partial charge in [-0.25, -0.2) is 4.98 Å². The average Bonchev–Trinajstić information content (AvgIpc) is 3.33. The number of hydrogen-bond donors (Lipinski definition) is 1.